The zero-order chi connectivity index (χ0) is 24.2. The molecular formula is C28H56N6. The Morgan fingerprint density at radius 1 is 0.588 bits per heavy atom. The van der Waals surface area contributed by atoms with E-state index in [2.05, 4.69) is 71.1 Å². The molecule has 0 spiro atoms. The first-order valence-corrected chi connectivity index (χ1v) is 14.7. The van der Waals surface area contributed by atoms with E-state index in [9.17, 15) is 0 Å². The maximum absolute atomic E-state index is 2.94. The van der Waals surface area contributed by atoms with Crippen molar-refractivity contribution in [3.05, 3.63) is 0 Å². The molecule has 2 unspecified atom stereocenters. The molecule has 4 aliphatic rings. The van der Waals surface area contributed by atoms with Gasteiger partial charge in [0.05, 0.1) is 0 Å². The van der Waals surface area contributed by atoms with E-state index in [0.29, 0.717) is 18.1 Å². The van der Waals surface area contributed by atoms with Crippen molar-refractivity contribution in [3.8, 4) is 0 Å². The molecule has 0 aromatic rings. The Morgan fingerprint density at radius 3 is 1.71 bits per heavy atom. The molecule has 0 saturated carbocycles. The number of nitrogens with zero attached hydrogens (tertiary/aromatic N) is 6. The molecule has 2 atom stereocenters. The molecule has 0 bridgehead atoms. The van der Waals surface area contributed by atoms with E-state index in [1.165, 1.54) is 104 Å². The molecule has 4 heterocycles. The fourth-order valence-electron chi connectivity index (χ4n) is 7.30. The molecule has 6 heteroatoms. The first-order valence-electron chi connectivity index (χ1n) is 14.7. The number of piperidine rings is 2. The van der Waals surface area contributed by atoms with Crippen LogP contribution in [0.2, 0.25) is 0 Å². The molecule has 4 aliphatic heterocycles. The minimum atomic E-state index is 0.700. The maximum Gasteiger partial charge on any atom is 0.0241 e. The normalized spacial score (nSPS) is 30.5. The Morgan fingerprint density at radius 2 is 1.12 bits per heavy atom. The van der Waals surface area contributed by atoms with Gasteiger partial charge in [-0.15, -0.1) is 0 Å². The van der Waals surface area contributed by atoms with E-state index < -0.39 is 0 Å². The van der Waals surface area contributed by atoms with Gasteiger partial charge in [0, 0.05) is 82.1 Å². The van der Waals surface area contributed by atoms with Gasteiger partial charge in [0.15, 0.2) is 0 Å². The summed E-state index contributed by atoms with van der Waals surface area (Å²) in [4.78, 5) is 16.5. The van der Waals surface area contributed by atoms with Crippen molar-refractivity contribution in [2.24, 2.45) is 0 Å². The van der Waals surface area contributed by atoms with Gasteiger partial charge in [-0.25, -0.2) is 0 Å². The van der Waals surface area contributed by atoms with Gasteiger partial charge < -0.3 is 14.7 Å². The third-order valence-corrected chi connectivity index (χ3v) is 9.76. The molecule has 6 nitrogen and oxygen atoms in total. The van der Waals surface area contributed by atoms with Gasteiger partial charge in [-0.3, -0.25) is 14.7 Å². The van der Waals surface area contributed by atoms with Crippen LogP contribution < -0.4 is 0 Å². The molecule has 0 aliphatic carbocycles. The molecule has 0 amide bonds. The number of rotatable bonds is 7. The standard InChI is InChI=1S/C28H56N6/c1-23(2)30-11-9-27(10-12-30)34-20-15-29(6)22-28(34)21-25(5)32-13-7-26(8-14-32)33-18-16-31(17-19-33)24(3)4/h23-28H,7-22H2,1-6H3. The molecule has 34 heavy (non-hydrogen) atoms. The van der Waals surface area contributed by atoms with Gasteiger partial charge in [0.2, 0.25) is 0 Å². The van der Waals surface area contributed by atoms with Crippen LogP contribution in [0, 0.1) is 0 Å². The summed E-state index contributed by atoms with van der Waals surface area (Å²) in [5, 5.41) is 0. The smallest absolute Gasteiger partial charge is 0.0241 e. The third kappa shape index (κ3) is 6.74. The fourth-order valence-corrected chi connectivity index (χ4v) is 7.30. The number of hydrogen-bond acceptors (Lipinski definition) is 6. The molecular weight excluding hydrogens is 420 g/mol. The second-order valence-corrected chi connectivity index (χ2v) is 12.5. The number of hydrogen-bond donors (Lipinski definition) is 0. The van der Waals surface area contributed by atoms with Crippen LogP contribution in [-0.2, 0) is 0 Å². The van der Waals surface area contributed by atoms with E-state index in [0.717, 1.165) is 18.1 Å². The monoisotopic (exact) mass is 476 g/mol. The Labute approximate surface area is 211 Å². The lowest BCUT2D eigenvalue weighted by Crippen LogP contribution is -2.59. The van der Waals surface area contributed by atoms with Crippen LogP contribution in [0.5, 0.6) is 0 Å². The summed E-state index contributed by atoms with van der Waals surface area (Å²) in [5.74, 6) is 0. The predicted molar refractivity (Wildman–Crippen MR) is 145 cm³/mol. The summed E-state index contributed by atoms with van der Waals surface area (Å²) >= 11 is 0. The Bertz CT molecular complexity index is 588. The van der Waals surface area contributed by atoms with Crippen LogP contribution in [-0.4, -0.2) is 145 Å². The van der Waals surface area contributed by atoms with E-state index >= 15 is 0 Å². The molecule has 0 aromatic carbocycles. The largest absolute Gasteiger partial charge is 0.304 e. The Balaban J connectivity index is 1.25. The highest BCUT2D eigenvalue weighted by atomic mass is 15.3. The summed E-state index contributed by atoms with van der Waals surface area (Å²) in [6.07, 6.45) is 6.80. The molecule has 4 saturated heterocycles. The predicted octanol–water partition coefficient (Wildman–Crippen LogP) is 2.74. The van der Waals surface area contributed by atoms with Crippen molar-refractivity contribution in [1.29, 1.82) is 0 Å². The van der Waals surface area contributed by atoms with Crippen LogP contribution in [0.15, 0.2) is 0 Å². The van der Waals surface area contributed by atoms with Crippen LogP contribution in [0.4, 0.5) is 0 Å². The van der Waals surface area contributed by atoms with Crippen LogP contribution in [0.3, 0.4) is 0 Å². The highest BCUT2D eigenvalue weighted by molar-refractivity contribution is 4.92. The summed E-state index contributed by atoms with van der Waals surface area (Å²) in [7, 11) is 2.33. The number of likely N-dealkylation sites (tertiary alicyclic amines) is 2. The number of likely N-dealkylation sites (N-methyl/N-ethyl adjacent to an activating group) is 1. The van der Waals surface area contributed by atoms with Gasteiger partial charge in [-0.05, 0) is 99.9 Å². The van der Waals surface area contributed by atoms with Gasteiger partial charge in [-0.2, -0.15) is 0 Å². The zero-order valence-corrected chi connectivity index (χ0v) is 23.5. The van der Waals surface area contributed by atoms with Crippen molar-refractivity contribution >= 4 is 0 Å². The lowest BCUT2D eigenvalue weighted by Gasteiger charge is -2.49. The Hall–Kier alpha value is -0.240. The zero-order valence-electron chi connectivity index (χ0n) is 23.5. The highest BCUT2D eigenvalue weighted by Crippen LogP contribution is 2.27. The van der Waals surface area contributed by atoms with Gasteiger partial charge >= 0.3 is 0 Å². The van der Waals surface area contributed by atoms with Crippen molar-refractivity contribution in [1.82, 2.24) is 29.4 Å². The maximum atomic E-state index is 2.94. The second kappa shape index (κ2) is 12.3. The molecule has 4 rings (SSSR count). The summed E-state index contributed by atoms with van der Waals surface area (Å²) in [6.45, 7) is 25.9. The number of piperazine rings is 2. The summed E-state index contributed by atoms with van der Waals surface area (Å²) in [5.41, 5.74) is 0. The van der Waals surface area contributed by atoms with Crippen LogP contribution >= 0.6 is 0 Å². The molecule has 4 fully saturated rings. The molecule has 0 radical (unpaired) electrons. The minimum absolute atomic E-state index is 0.700. The van der Waals surface area contributed by atoms with Crippen molar-refractivity contribution in [3.63, 3.8) is 0 Å². The van der Waals surface area contributed by atoms with Crippen molar-refractivity contribution in [2.45, 2.75) is 103 Å². The third-order valence-electron chi connectivity index (χ3n) is 9.76. The second-order valence-electron chi connectivity index (χ2n) is 12.5. The molecule has 198 valence electrons. The first kappa shape index (κ1) is 26.8. The lowest BCUT2D eigenvalue weighted by atomic mass is 9.94. The lowest BCUT2D eigenvalue weighted by molar-refractivity contribution is -0.00176. The summed E-state index contributed by atoms with van der Waals surface area (Å²) < 4.78 is 0. The van der Waals surface area contributed by atoms with E-state index in [1.54, 1.807) is 0 Å². The SMILES string of the molecule is CC(C)N1CCC(N2CCN(C)CC2CC(C)N2CCC(N3CCN(C(C)C)CC3)CC2)CC1. The highest BCUT2D eigenvalue weighted by Gasteiger charge is 2.36. The summed E-state index contributed by atoms with van der Waals surface area (Å²) in [6, 6.07) is 4.45. The Kier molecular flexibility index (Phi) is 9.73. The van der Waals surface area contributed by atoms with E-state index in [1.807, 2.05) is 0 Å². The van der Waals surface area contributed by atoms with E-state index in [4.69, 9.17) is 0 Å². The fraction of sp³-hybridized carbons (Fsp3) is 1.00. The van der Waals surface area contributed by atoms with Crippen LogP contribution in [0.25, 0.3) is 0 Å². The van der Waals surface area contributed by atoms with Crippen molar-refractivity contribution < 1.29 is 0 Å². The molecule has 0 N–H and O–H groups in total. The van der Waals surface area contributed by atoms with Crippen molar-refractivity contribution in [2.75, 3.05) is 79.0 Å². The van der Waals surface area contributed by atoms with Gasteiger partial charge in [0.25, 0.3) is 0 Å². The first-order chi connectivity index (χ1) is 16.3. The average molecular weight is 477 g/mol. The van der Waals surface area contributed by atoms with Crippen LogP contribution in [0.1, 0.15) is 66.7 Å². The average Bonchev–Trinajstić information content (AvgIpc) is 2.84. The van der Waals surface area contributed by atoms with Gasteiger partial charge in [0.1, 0.15) is 0 Å². The topological polar surface area (TPSA) is 19.4 Å². The minimum Gasteiger partial charge on any atom is -0.304 e. The van der Waals surface area contributed by atoms with E-state index in [-0.39, 0.29) is 0 Å². The molecule has 0 aromatic heterocycles. The van der Waals surface area contributed by atoms with Gasteiger partial charge in [-0.1, -0.05) is 0 Å². The quantitative estimate of drug-likeness (QED) is 0.559.